The second kappa shape index (κ2) is 4.06. The fraction of sp³-hybridized carbons (Fsp3) is 0.526. The van der Waals surface area contributed by atoms with E-state index in [2.05, 4.69) is 0 Å². The van der Waals surface area contributed by atoms with Crippen molar-refractivity contribution in [3.8, 4) is 0 Å². The summed E-state index contributed by atoms with van der Waals surface area (Å²) in [6.07, 6.45) is 1.60. The summed E-state index contributed by atoms with van der Waals surface area (Å²) in [5.74, 6) is -0.528. The van der Waals surface area contributed by atoms with Gasteiger partial charge in [-0.15, -0.1) is 0 Å². The largest absolute Gasteiger partial charge is 0.444 e. The van der Waals surface area contributed by atoms with Crippen LogP contribution in [-0.2, 0) is 4.74 Å². The summed E-state index contributed by atoms with van der Waals surface area (Å²) in [6, 6.07) is 6.76. The molecule has 3 fully saturated rings. The Morgan fingerprint density at radius 2 is 1.72 bits per heavy atom. The molecule has 0 N–H and O–H groups in total. The van der Waals surface area contributed by atoms with Gasteiger partial charge in [-0.05, 0) is 45.7 Å². The summed E-state index contributed by atoms with van der Waals surface area (Å²) in [7, 11) is 0. The highest BCUT2D eigenvalue weighted by Crippen LogP contribution is 2.91. The van der Waals surface area contributed by atoms with Crippen LogP contribution in [0.25, 0.3) is 0 Å². The van der Waals surface area contributed by atoms with E-state index in [9.17, 15) is 14.4 Å². The standard InChI is InChI=1S/C19H20N2O4/c1-17(2,3)25-16(24)21-13(18-9-19(18,21)10-18)8-20-14(22)11-6-4-5-7-12(11)15(20)23/h4-7,13H,8-10H2,1-3H3. The van der Waals surface area contributed by atoms with Gasteiger partial charge >= 0.3 is 6.09 Å². The van der Waals surface area contributed by atoms with Crippen LogP contribution in [0.1, 0.15) is 54.3 Å². The zero-order valence-corrected chi connectivity index (χ0v) is 14.5. The Bertz CT molecular complexity index is 812. The summed E-state index contributed by atoms with van der Waals surface area (Å²) >= 11 is 0. The lowest BCUT2D eigenvalue weighted by molar-refractivity contribution is -0.0140. The lowest BCUT2D eigenvalue weighted by atomic mass is 10.0. The first-order valence-corrected chi connectivity index (χ1v) is 8.68. The Kier molecular flexibility index (Phi) is 2.42. The van der Waals surface area contributed by atoms with E-state index in [-0.39, 0.29) is 41.4 Å². The third-order valence-corrected chi connectivity index (χ3v) is 6.13. The summed E-state index contributed by atoms with van der Waals surface area (Å²) in [4.78, 5) is 40.9. The van der Waals surface area contributed by atoms with Crippen molar-refractivity contribution >= 4 is 17.9 Å². The third kappa shape index (κ3) is 1.67. The predicted molar refractivity (Wildman–Crippen MR) is 88.1 cm³/mol. The maximum absolute atomic E-state index is 12.6. The molecule has 3 amide bonds. The number of nitrogens with zero attached hydrogens (tertiary/aromatic N) is 2. The number of carbonyl (C=O) groups excluding carboxylic acids is 3. The van der Waals surface area contributed by atoms with Crippen LogP contribution in [0.4, 0.5) is 4.79 Å². The SMILES string of the molecule is CC(C)(C)OC(=O)N1C(CN2C(=O)c3ccccc3C2=O)C23CC12C3. The van der Waals surface area contributed by atoms with E-state index in [0.717, 1.165) is 12.8 Å². The van der Waals surface area contributed by atoms with Crippen molar-refractivity contribution in [1.29, 1.82) is 0 Å². The molecule has 4 aliphatic rings. The van der Waals surface area contributed by atoms with E-state index >= 15 is 0 Å². The Labute approximate surface area is 145 Å². The van der Waals surface area contributed by atoms with E-state index < -0.39 is 5.60 Å². The van der Waals surface area contributed by atoms with Crippen molar-refractivity contribution < 1.29 is 19.1 Å². The number of benzene rings is 1. The average molecular weight is 340 g/mol. The normalized spacial score (nSPS) is 34.1. The first-order valence-electron chi connectivity index (χ1n) is 8.68. The maximum Gasteiger partial charge on any atom is 0.411 e. The molecule has 2 saturated carbocycles. The van der Waals surface area contributed by atoms with Crippen molar-refractivity contribution in [2.24, 2.45) is 5.41 Å². The van der Waals surface area contributed by atoms with Crippen LogP contribution in [0.3, 0.4) is 0 Å². The first-order chi connectivity index (χ1) is 11.7. The molecule has 6 nitrogen and oxygen atoms in total. The van der Waals surface area contributed by atoms with Gasteiger partial charge in [0, 0.05) is 5.41 Å². The molecule has 130 valence electrons. The number of fused-ring (bicyclic) bond motifs is 1. The van der Waals surface area contributed by atoms with Gasteiger partial charge in [0.2, 0.25) is 0 Å². The summed E-state index contributed by atoms with van der Waals surface area (Å²) in [5, 5.41) is 0. The predicted octanol–water partition coefficient (Wildman–Crippen LogP) is 2.43. The smallest absolute Gasteiger partial charge is 0.411 e. The average Bonchev–Trinajstić information content (AvgIpc) is 3.21. The Morgan fingerprint density at radius 3 is 2.24 bits per heavy atom. The van der Waals surface area contributed by atoms with E-state index in [0.29, 0.717) is 11.1 Å². The molecule has 1 aromatic rings. The number of ether oxygens (including phenoxy) is 1. The first kappa shape index (κ1) is 14.9. The van der Waals surface area contributed by atoms with Crippen LogP contribution >= 0.6 is 0 Å². The topological polar surface area (TPSA) is 66.9 Å². The Hall–Kier alpha value is -2.37. The lowest BCUT2D eigenvalue weighted by Crippen LogP contribution is -2.59. The van der Waals surface area contributed by atoms with Crippen molar-refractivity contribution in [3.05, 3.63) is 35.4 Å². The van der Waals surface area contributed by atoms with Crippen LogP contribution in [0.5, 0.6) is 0 Å². The van der Waals surface area contributed by atoms with Gasteiger partial charge in [-0.25, -0.2) is 4.79 Å². The molecular formula is C19H20N2O4. The molecular weight excluding hydrogens is 320 g/mol. The van der Waals surface area contributed by atoms with Crippen LogP contribution in [0.2, 0.25) is 0 Å². The second-order valence-corrected chi connectivity index (χ2v) is 8.67. The molecule has 1 saturated heterocycles. The number of hydrogen-bond donors (Lipinski definition) is 0. The molecule has 0 spiro atoms. The van der Waals surface area contributed by atoms with Crippen LogP contribution in [-0.4, -0.2) is 51.4 Å². The molecule has 1 aromatic carbocycles. The van der Waals surface area contributed by atoms with Gasteiger partial charge < -0.3 is 4.74 Å². The molecule has 5 rings (SSSR count). The van der Waals surface area contributed by atoms with Gasteiger partial charge in [0.15, 0.2) is 0 Å². The molecule has 0 aromatic heterocycles. The van der Waals surface area contributed by atoms with Crippen LogP contribution < -0.4 is 0 Å². The third-order valence-electron chi connectivity index (χ3n) is 6.13. The van der Waals surface area contributed by atoms with Gasteiger partial charge in [-0.1, -0.05) is 12.1 Å². The zero-order valence-electron chi connectivity index (χ0n) is 14.5. The molecule has 2 aliphatic carbocycles. The number of likely N-dealkylation sites (tertiary alicyclic amines) is 1. The van der Waals surface area contributed by atoms with Gasteiger partial charge in [-0.3, -0.25) is 19.4 Å². The van der Waals surface area contributed by atoms with Crippen molar-refractivity contribution in [3.63, 3.8) is 0 Å². The van der Waals surface area contributed by atoms with Crippen LogP contribution in [0.15, 0.2) is 24.3 Å². The summed E-state index contributed by atoms with van der Waals surface area (Å²) in [6.45, 7) is 5.78. The second-order valence-electron chi connectivity index (χ2n) is 8.67. The molecule has 25 heavy (non-hydrogen) atoms. The number of imide groups is 1. The van der Waals surface area contributed by atoms with Crippen molar-refractivity contribution in [2.45, 2.75) is 50.8 Å². The minimum absolute atomic E-state index is 0.0430. The van der Waals surface area contributed by atoms with Crippen molar-refractivity contribution in [1.82, 2.24) is 9.80 Å². The van der Waals surface area contributed by atoms with Gasteiger partial charge in [0.1, 0.15) is 5.60 Å². The number of hydrogen-bond acceptors (Lipinski definition) is 4. The molecule has 2 aliphatic heterocycles. The molecule has 0 bridgehead atoms. The van der Waals surface area contributed by atoms with E-state index in [4.69, 9.17) is 4.74 Å². The van der Waals surface area contributed by atoms with Crippen molar-refractivity contribution in [2.75, 3.05) is 6.54 Å². The van der Waals surface area contributed by atoms with Gasteiger partial charge in [-0.2, -0.15) is 0 Å². The fourth-order valence-corrected chi connectivity index (χ4v) is 4.79. The summed E-state index contributed by atoms with van der Waals surface area (Å²) < 4.78 is 5.54. The minimum atomic E-state index is -0.560. The van der Waals surface area contributed by atoms with Crippen LogP contribution in [0, 0.1) is 5.41 Å². The van der Waals surface area contributed by atoms with E-state index in [1.165, 1.54) is 4.90 Å². The lowest BCUT2D eigenvalue weighted by Gasteiger charge is -2.41. The van der Waals surface area contributed by atoms with E-state index in [1.807, 2.05) is 20.8 Å². The number of carbonyl (C=O) groups is 3. The fourth-order valence-electron chi connectivity index (χ4n) is 4.79. The van der Waals surface area contributed by atoms with Gasteiger partial charge in [0.05, 0.1) is 29.3 Å². The maximum atomic E-state index is 12.6. The molecule has 0 radical (unpaired) electrons. The number of amides is 3. The Balaban J connectivity index is 1.38. The molecule has 6 heteroatoms. The molecule has 1 unspecified atom stereocenters. The highest BCUT2D eigenvalue weighted by Gasteiger charge is 2.98. The van der Waals surface area contributed by atoms with E-state index in [1.54, 1.807) is 29.2 Å². The molecule has 2 heterocycles. The minimum Gasteiger partial charge on any atom is -0.444 e. The number of rotatable bonds is 2. The summed E-state index contributed by atoms with van der Waals surface area (Å²) in [5.41, 5.74) is 0.422. The highest BCUT2D eigenvalue weighted by molar-refractivity contribution is 6.21. The monoisotopic (exact) mass is 340 g/mol. The zero-order chi connectivity index (χ0) is 17.8. The highest BCUT2D eigenvalue weighted by atomic mass is 16.6. The quantitative estimate of drug-likeness (QED) is 0.776. The Morgan fingerprint density at radius 1 is 1.16 bits per heavy atom. The molecule has 1 atom stereocenters. The van der Waals surface area contributed by atoms with Gasteiger partial charge in [0.25, 0.3) is 11.8 Å².